The maximum absolute atomic E-state index is 12.7. The van der Waals surface area contributed by atoms with E-state index in [9.17, 15) is 9.59 Å². The van der Waals surface area contributed by atoms with Gasteiger partial charge in [0.25, 0.3) is 5.56 Å². The van der Waals surface area contributed by atoms with Crippen molar-refractivity contribution in [2.75, 3.05) is 0 Å². The van der Waals surface area contributed by atoms with Gasteiger partial charge in [-0.3, -0.25) is 13.9 Å². The van der Waals surface area contributed by atoms with Gasteiger partial charge in [0.1, 0.15) is 11.3 Å². The van der Waals surface area contributed by atoms with Crippen molar-refractivity contribution in [3.05, 3.63) is 26.7 Å². The zero-order valence-corrected chi connectivity index (χ0v) is 14.2. The summed E-state index contributed by atoms with van der Waals surface area (Å²) in [7, 11) is 0. The molecule has 0 saturated carbocycles. The first-order chi connectivity index (χ1) is 11.6. The summed E-state index contributed by atoms with van der Waals surface area (Å²) in [6.07, 6.45) is 5.19. The van der Waals surface area contributed by atoms with Crippen LogP contribution in [0, 0.1) is 0 Å². The molecule has 2 bridgehead atoms. The van der Waals surface area contributed by atoms with Crippen LogP contribution in [0.15, 0.2) is 9.59 Å². The van der Waals surface area contributed by atoms with E-state index in [1.54, 1.807) is 4.57 Å². The highest BCUT2D eigenvalue weighted by Gasteiger charge is 2.43. The number of nitrogens with zero attached hydrogens (tertiary/aromatic N) is 3. The van der Waals surface area contributed by atoms with E-state index in [-0.39, 0.29) is 23.3 Å². The molecule has 0 amide bonds. The second-order valence-electron chi connectivity index (χ2n) is 6.93. The molecule has 0 spiro atoms. The molecule has 3 unspecified atom stereocenters. The van der Waals surface area contributed by atoms with E-state index in [1.165, 1.54) is 4.57 Å². The number of fused-ring (bicyclic) bond motifs is 3. The lowest BCUT2D eigenvalue weighted by atomic mass is 9.89. The van der Waals surface area contributed by atoms with E-state index < -0.39 is 0 Å². The normalized spacial score (nSPS) is 25.8. The molecule has 4 rings (SSSR count). The molecule has 2 aliphatic rings. The molecular formula is C17H24N4O3. The average Bonchev–Trinajstić information content (AvgIpc) is 3.29. The molecule has 24 heavy (non-hydrogen) atoms. The van der Waals surface area contributed by atoms with Crippen molar-refractivity contribution in [3.8, 4) is 0 Å². The Hall–Kier alpha value is -1.89. The zero-order valence-electron chi connectivity index (χ0n) is 14.2. The van der Waals surface area contributed by atoms with Crippen molar-refractivity contribution in [3.63, 3.8) is 0 Å². The van der Waals surface area contributed by atoms with Crippen LogP contribution in [0.2, 0.25) is 0 Å². The summed E-state index contributed by atoms with van der Waals surface area (Å²) in [5, 5.41) is 0. The maximum Gasteiger partial charge on any atom is 0.332 e. The van der Waals surface area contributed by atoms with E-state index in [0.29, 0.717) is 30.4 Å². The fraction of sp³-hybridized carbons (Fsp3) is 0.706. The summed E-state index contributed by atoms with van der Waals surface area (Å²) in [5.74, 6) is 1.01. The molecule has 7 nitrogen and oxygen atoms in total. The third-order valence-electron chi connectivity index (χ3n) is 5.23. The molecule has 0 radical (unpaired) electrons. The maximum atomic E-state index is 12.7. The topological polar surface area (TPSA) is 81.9 Å². The summed E-state index contributed by atoms with van der Waals surface area (Å²) in [6.45, 7) is 4.98. The van der Waals surface area contributed by atoms with Gasteiger partial charge in [-0.1, -0.05) is 13.8 Å². The number of H-pyrrole nitrogens is 1. The predicted octanol–water partition coefficient (Wildman–Crippen LogP) is 1.74. The molecule has 2 aromatic heterocycles. The SMILES string of the molecule is CCCn1c(=O)c2[nH]c(C3CC4CCC3O4)nc2n(CCC)c1=O. The highest BCUT2D eigenvalue weighted by atomic mass is 16.5. The van der Waals surface area contributed by atoms with Gasteiger partial charge in [0.2, 0.25) is 0 Å². The molecule has 0 aliphatic carbocycles. The predicted molar refractivity (Wildman–Crippen MR) is 90.4 cm³/mol. The average molecular weight is 332 g/mol. The van der Waals surface area contributed by atoms with Crippen LogP contribution >= 0.6 is 0 Å². The molecular weight excluding hydrogens is 308 g/mol. The molecule has 2 aromatic rings. The number of nitrogens with one attached hydrogen (secondary N) is 1. The Balaban J connectivity index is 1.88. The van der Waals surface area contributed by atoms with Crippen LogP contribution in [0.25, 0.3) is 11.2 Å². The smallest absolute Gasteiger partial charge is 0.332 e. The Morgan fingerprint density at radius 2 is 1.92 bits per heavy atom. The lowest BCUT2D eigenvalue weighted by Gasteiger charge is -2.15. The lowest BCUT2D eigenvalue weighted by Crippen LogP contribution is -2.40. The number of rotatable bonds is 5. The summed E-state index contributed by atoms with van der Waals surface area (Å²) in [5.41, 5.74) is 0.441. The zero-order chi connectivity index (χ0) is 16.8. The van der Waals surface area contributed by atoms with E-state index >= 15 is 0 Å². The summed E-state index contributed by atoms with van der Waals surface area (Å²) in [6, 6.07) is 0. The third-order valence-corrected chi connectivity index (χ3v) is 5.23. The van der Waals surface area contributed by atoms with Crippen molar-refractivity contribution in [2.24, 2.45) is 0 Å². The summed E-state index contributed by atoms with van der Waals surface area (Å²) in [4.78, 5) is 33.3. The third kappa shape index (κ3) is 2.25. The molecule has 2 fully saturated rings. The Kier molecular flexibility index (Phi) is 3.83. The second-order valence-corrected chi connectivity index (χ2v) is 6.93. The Morgan fingerprint density at radius 1 is 1.17 bits per heavy atom. The number of aromatic amines is 1. The number of hydrogen-bond acceptors (Lipinski definition) is 4. The number of aromatic nitrogens is 4. The van der Waals surface area contributed by atoms with Crippen molar-refractivity contribution >= 4 is 11.2 Å². The Bertz CT molecular complexity index is 878. The van der Waals surface area contributed by atoms with Crippen LogP contribution in [0.5, 0.6) is 0 Å². The van der Waals surface area contributed by atoms with Crippen LogP contribution in [-0.2, 0) is 17.8 Å². The highest BCUT2D eigenvalue weighted by Crippen LogP contribution is 2.43. The van der Waals surface area contributed by atoms with Crippen molar-refractivity contribution in [2.45, 2.75) is 77.2 Å². The molecule has 3 atom stereocenters. The second kappa shape index (κ2) is 5.88. The number of imidazole rings is 1. The minimum absolute atomic E-state index is 0.194. The van der Waals surface area contributed by atoms with Gasteiger partial charge in [0.05, 0.1) is 12.2 Å². The summed E-state index contributed by atoms with van der Waals surface area (Å²) >= 11 is 0. The lowest BCUT2D eigenvalue weighted by molar-refractivity contribution is 0.0999. The fourth-order valence-corrected chi connectivity index (χ4v) is 4.13. The molecule has 1 N–H and O–H groups in total. The van der Waals surface area contributed by atoms with E-state index in [0.717, 1.165) is 37.9 Å². The minimum atomic E-state index is -0.257. The summed E-state index contributed by atoms with van der Waals surface area (Å²) < 4.78 is 8.89. The van der Waals surface area contributed by atoms with Gasteiger partial charge < -0.3 is 9.72 Å². The van der Waals surface area contributed by atoms with Crippen LogP contribution < -0.4 is 11.2 Å². The Morgan fingerprint density at radius 3 is 2.54 bits per heavy atom. The highest BCUT2D eigenvalue weighted by molar-refractivity contribution is 5.70. The van der Waals surface area contributed by atoms with Crippen LogP contribution in [-0.4, -0.2) is 31.3 Å². The van der Waals surface area contributed by atoms with Gasteiger partial charge in [0.15, 0.2) is 5.65 Å². The first-order valence-electron chi connectivity index (χ1n) is 9.02. The molecule has 2 saturated heterocycles. The van der Waals surface area contributed by atoms with Gasteiger partial charge in [0, 0.05) is 19.0 Å². The van der Waals surface area contributed by atoms with E-state index in [2.05, 4.69) is 9.97 Å². The van der Waals surface area contributed by atoms with Gasteiger partial charge in [-0.25, -0.2) is 9.78 Å². The molecule has 130 valence electrons. The van der Waals surface area contributed by atoms with Crippen molar-refractivity contribution in [1.29, 1.82) is 0 Å². The van der Waals surface area contributed by atoms with Gasteiger partial charge in [-0.15, -0.1) is 0 Å². The first kappa shape index (κ1) is 15.6. The standard InChI is InChI=1S/C17H24N4O3/c1-3-7-20-15-13(16(22)21(8-4-2)17(20)23)18-14(19-15)11-9-10-5-6-12(11)24-10/h10-12H,3-9H2,1-2H3,(H,18,19). The van der Waals surface area contributed by atoms with Crippen LogP contribution in [0.1, 0.15) is 57.7 Å². The minimum Gasteiger partial charge on any atom is -0.374 e. The first-order valence-corrected chi connectivity index (χ1v) is 9.02. The van der Waals surface area contributed by atoms with Crippen LogP contribution in [0.4, 0.5) is 0 Å². The number of hydrogen-bond donors (Lipinski definition) is 1. The molecule has 4 heterocycles. The molecule has 2 aliphatic heterocycles. The quantitative estimate of drug-likeness (QED) is 0.904. The van der Waals surface area contributed by atoms with Crippen LogP contribution in [0.3, 0.4) is 0 Å². The van der Waals surface area contributed by atoms with Crippen molar-refractivity contribution < 1.29 is 4.74 Å². The Labute approximate surface area is 139 Å². The van der Waals surface area contributed by atoms with Crippen molar-refractivity contribution in [1.82, 2.24) is 19.1 Å². The fourth-order valence-electron chi connectivity index (χ4n) is 4.13. The number of ether oxygens (including phenoxy) is 1. The molecule has 0 aromatic carbocycles. The van der Waals surface area contributed by atoms with E-state index in [4.69, 9.17) is 4.74 Å². The van der Waals surface area contributed by atoms with Gasteiger partial charge >= 0.3 is 5.69 Å². The molecule has 7 heteroatoms. The largest absolute Gasteiger partial charge is 0.374 e. The van der Waals surface area contributed by atoms with E-state index in [1.807, 2.05) is 13.8 Å². The number of aryl methyl sites for hydroxylation is 1. The van der Waals surface area contributed by atoms with Gasteiger partial charge in [-0.2, -0.15) is 0 Å². The van der Waals surface area contributed by atoms with Gasteiger partial charge in [-0.05, 0) is 32.1 Å². The monoisotopic (exact) mass is 332 g/mol.